The Hall–Kier alpha value is -1.84. The summed E-state index contributed by atoms with van der Waals surface area (Å²) in [6.45, 7) is 2.92. The van der Waals surface area contributed by atoms with Gasteiger partial charge in [-0.1, -0.05) is 12.1 Å². The summed E-state index contributed by atoms with van der Waals surface area (Å²) in [6, 6.07) is 7.84. The van der Waals surface area contributed by atoms with Gasteiger partial charge in [-0.2, -0.15) is 0 Å². The van der Waals surface area contributed by atoms with E-state index in [0.717, 1.165) is 48.3 Å². The average molecular weight is 370 g/mol. The monoisotopic (exact) mass is 369 g/mol. The molecule has 1 aromatic carbocycles. The number of esters is 1. The van der Waals surface area contributed by atoms with Gasteiger partial charge in [-0.3, -0.25) is 9.59 Å². The fraction of sp³-hybridized carbons (Fsp3) is 0.652. The molecular formula is C23H31NO3. The molecule has 0 atom stereocenters. The Morgan fingerprint density at radius 3 is 2.19 bits per heavy atom. The Kier molecular flexibility index (Phi) is 5.25. The van der Waals surface area contributed by atoms with Gasteiger partial charge in [-0.25, -0.2) is 0 Å². The predicted octanol–water partition coefficient (Wildman–Crippen LogP) is 4.38. The highest BCUT2D eigenvalue weighted by atomic mass is 16.5. The van der Waals surface area contributed by atoms with Crippen molar-refractivity contribution in [2.45, 2.75) is 58.3 Å². The highest BCUT2D eigenvalue weighted by Gasteiger charge is 2.53. The number of rotatable bonds is 8. The van der Waals surface area contributed by atoms with Crippen molar-refractivity contribution in [3.8, 4) is 0 Å². The lowest BCUT2D eigenvalue weighted by Crippen LogP contribution is -2.50. The molecule has 4 nitrogen and oxygen atoms in total. The topological polar surface area (TPSA) is 55.4 Å². The molecule has 27 heavy (non-hydrogen) atoms. The van der Waals surface area contributed by atoms with E-state index in [0.29, 0.717) is 31.8 Å². The maximum absolute atomic E-state index is 13.0. The van der Waals surface area contributed by atoms with Crippen LogP contribution in [0.2, 0.25) is 0 Å². The predicted molar refractivity (Wildman–Crippen MR) is 105 cm³/mol. The first-order chi connectivity index (χ1) is 13.1. The number of hydrogen-bond acceptors (Lipinski definition) is 4. The highest BCUT2D eigenvalue weighted by Crippen LogP contribution is 2.60. The van der Waals surface area contributed by atoms with Crippen molar-refractivity contribution in [2.24, 2.45) is 23.2 Å². The fourth-order valence-electron chi connectivity index (χ4n) is 6.16. The summed E-state index contributed by atoms with van der Waals surface area (Å²) in [5, 5.41) is 3.38. The van der Waals surface area contributed by atoms with E-state index < -0.39 is 0 Å². The number of ketones is 1. The Balaban J connectivity index is 1.26. The summed E-state index contributed by atoms with van der Waals surface area (Å²) in [4.78, 5) is 24.6. The van der Waals surface area contributed by atoms with Crippen LogP contribution in [0.15, 0.2) is 24.3 Å². The molecule has 4 bridgehead atoms. The van der Waals surface area contributed by atoms with E-state index >= 15 is 0 Å². The molecule has 146 valence electrons. The number of nitrogens with one attached hydrogen (secondary N) is 1. The second kappa shape index (κ2) is 7.65. The number of carbonyl (C=O) groups is 2. The van der Waals surface area contributed by atoms with Crippen molar-refractivity contribution in [1.29, 1.82) is 0 Å². The molecule has 0 spiro atoms. The summed E-state index contributed by atoms with van der Waals surface area (Å²) >= 11 is 0. The van der Waals surface area contributed by atoms with Crippen LogP contribution in [0.5, 0.6) is 0 Å². The summed E-state index contributed by atoms with van der Waals surface area (Å²) in [5.74, 6) is 2.76. The van der Waals surface area contributed by atoms with Crippen LogP contribution >= 0.6 is 0 Å². The van der Waals surface area contributed by atoms with E-state index in [1.165, 1.54) is 19.3 Å². The number of ether oxygens (including phenoxy) is 1. The lowest BCUT2D eigenvalue weighted by molar-refractivity contribution is -0.143. The van der Waals surface area contributed by atoms with E-state index in [4.69, 9.17) is 4.74 Å². The second-order valence-corrected chi connectivity index (χ2v) is 8.98. The molecule has 1 N–H and O–H groups in total. The largest absolute Gasteiger partial charge is 0.466 e. The molecule has 4 aliphatic rings. The van der Waals surface area contributed by atoms with Gasteiger partial charge in [0.25, 0.3) is 0 Å². The van der Waals surface area contributed by atoms with Crippen LogP contribution in [0, 0.1) is 23.2 Å². The van der Waals surface area contributed by atoms with Crippen LogP contribution in [0.25, 0.3) is 0 Å². The van der Waals surface area contributed by atoms with E-state index in [9.17, 15) is 9.59 Å². The van der Waals surface area contributed by atoms with Crippen molar-refractivity contribution in [3.05, 3.63) is 29.8 Å². The molecule has 4 fully saturated rings. The van der Waals surface area contributed by atoms with Gasteiger partial charge >= 0.3 is 5.97 Å². The van der Waals surface area contributed by atoms with Gasteiger partial charge in [0, 0.05) is 24.1 Å². The second-order valence-electron chi connectivity index (χ2n) is 8.98. The van der Waals surface area contributed by atoms with Crippen molar-refractivity contribution < 1.29 is 14.3 Å². The Bertz CT molecular complexity index is 659. The lowest BCUT2D eigenvalue weighted by atomic mass is 9.48. The fourth-order valence-corrected chi connectivity index (χ4v) is 6.16. The van der Waals surface area contributed by atoms with E-state index in [2.05, 4.69) is 5.32 Å². The summed E-state index contributed by atoms with van der Waals surface area (Å²) < 4.78 is 4.98. The van der Waals surface area contributed by atoms with E-state index in [-0.39, 0.29) is 11.4 Å². The minimum Gasteiger partial charge on any atom is -0.466 e. The SMILES string of the molecule is CCOC(=O)Cc1ccc(NCCC(=O)C23CC4CC(CC(C4)C2)C3)cc1. The molecule has 0 amide bonds. The van der Waals surface area contributed by atoms with Crippen LogP contribution in [-0.2, 0) is 20.7 Å². The molecule has 4 heteroatoms. The van der Waals surface area contributed by atoms with E-state index in [1.54, 1.807) is 0 Å². The highest BCUT2D eigenvalue weighted by molar-refractivity contribution is 5.85. The molecule has 4 saturated carbocycles. The zero-order chi connectivity index (χ0) is 18.9. The number of anilines is 1. The van der Waals surface area contributed by atoms with Crippen molar-refractivity contribution in [2.75, 3.05) is 18.5 Å². The van der Waals surface area contributed by atoms with Crippen LogP contribution in [-0.4, -0.2) is 24.9 Å². The molecule has 0 unspecified atom stereocenters. The first-order valence-electron chi connectivity index (χ1n) is 10.6. The van der Waals surface area contributed by atoms with Crippen LogP contribution in [0.1, 0.15) is 57.4 Å². The number of hydrogen-bond donors (Lipinski definition) is 1. The average Bonchev–Trinajstić information content (AvgIpc) is 2.62. The standard InChI is InChI=1S/C23H31NO3/c1-2-27-22(26)12-16-3-5-20(6-4-16)24-8-7-21(25)23-13-17-9-18(14-23)11-19(10-17)15-23/h3-6,17-19,24H,2,7-15H2,1H3. The third kappa shape index (κ3) is 4.04. The van der Waals surface area contributed by atoms with Gasteiger partial charge < -0.3 is 10.1 Å². The normalized spacial score (nSPS) is 30.9. The maximum atomic E-state index is 13.0. The smallest absolute Gasteiger partial charge is 0.310 e. The zero-order valence-electron chi connectivity index (χ0n) is 16.3. The molecule has 5 rings (SSSR count). The molecular weight excluding hydrogens is 338 g/mol. The van der Waals surface area contributed by atoms with Crippen molar-refractivity contribution in [1.82, 2.24) is 0 Å². The summed E-state index contributed by atoms with van der Waals surface area (Å²) in [7, 11) is 0. The molecule has 0 heterocycles. The van der Waals surface area contributed by atoms with Gasteiger partial charge in [0.1, 0.15) is 5.78 Å². The van der Waals surface area contributed by atoms with Crippen LogP contribution < -0.4 is 5.32 Å². The third-order valence-electron chi connectivity index (χ3n) is 6.92. The molecule has 0 aromatic heterocycles. The first kappa shape index (κ1) is 18.5. The first-order valence-corrected chi connectivity index (χ1v) is 10.6. The quantitative estimate of drug-likeness (QED) is 0.691. The number of carbonyl (C=O) groups excluding carboxylic acids is 2. The Morgan fingerprint density at radius 2 is 1.63 bits per heavy atom. The van der Waals surface area contributed by atoms with Crippen LogP contribution in [0.4, 0.5) is 5.69 Å². The van der Waals surface area contributed by atoms with Crippen LogP contribution in [0.3, 0.4) is 0 Å². The molecule has 0 saturated heterocycles. The van der Waals surface area contributed by atoms with Gasteiger partial charge in [0.2, 0.25) is 0 Å². The minimum absolute atomic E-state index is 0.0138. The lowest BCUT2D eigenvalue weighted by Gasteiger charge is -2.56. The van der Waals surface area contributed by atoms with Gasteiger partial charge in [0.15, 0.2) is 0 Å². The maximum Gasteiger partial charge on any atom is 0.310 e. The Morgan fingerprint density at radius 1 is 1.04 bits per heavy atom. The molecule has 4 aliphatic carbocycles. The van der Waals surface area contributed by atoms with Gasteiger partial charge in [0.05, 0.1) is 13.0 Å². The van der Waals surface area contributed by atoms with Crippen molar-refractivity contribution in [3.63, 3.8) is 0 Å². The number of Topliss-reactive ketones (excluding diaryl/α,β-unsaturated/α-hetero) is 1. The summed E-state index contributed by atoms with van der Waals surface area (Å²) in [5.41, 5.74) is 1.96. The Labute approximate surface area is 162 Å². The third-order valence-corrected chi connectivity index (χ3v) is 6.92. The zero-order valence-corrected chi connectivity index (χ0v) is 16.3. The number of benzene rings is 1. The van der Waals surface area contributed by atoms with Gasteiger partial charge in [-0.05, 0) is 80.9 Å². The summed E-state index contributed by atoms with van der Waals surface area (Å²) in [6.07, 6.45) is 8.52. The molecule has 0 aliphatic heterocycles. The van der Waals surface area contributed by atoms with E-state index in [1.807, 2.05) is 31.2 Å². The van der Waals surface area contributed by atoms with Gasteiger partial charge in [-0.15, -0.1) is 0 Å². The molecule has 0 radical (unpaired) electrons. The molecule has 1 aromatic rings. The minimum atomic E-state index is -0.195. The van der Waals surface area contributed by atoms with Crippen molar-refractivity contribution >= 4 is 17.4 Å².